The summed E-state index contributed by atoms with van der Waals surface area (Å²) in [6.07, 6.45) is 3.18. The first kappa shape index (κ1) is 9.70. The number of hydrogen-bond donors (Lipinski definition) is 1. The molecule has 1 heterocycles. The van der Waals surface area contributed by atoms with E-state index in [0.717, 1.165) is 31.6 Å². The number of rotatable bonds is 2. The van der Waals surface area contributed by atoms with Crippen molar-refractivity contribution in [3.05, 3.63) is 28.8 Å². The van der Waals surface area contributed by atoms with E-state index >= 15 is 0 Å². The van der Waals surface area contributed by atoms with Crippen molar-refractivity contribution in [3.8, 4) is 5.75 Å². The zero-order valence-corrected chi connectivity index (χ0v) is 9.03. The molecule has 1 atom stereocenters. The molecule has 0 bridgehead atoms. The van der Waals surface area contributed by atoms with E-state index in [9.17, 15) is 4.79 Å². The number of carboxylic acids is 1. The Hall–Kier alpha value is -1.51. The van der Waals surface area contributed by atoms with E-state index < -0.39 is 5.97 Å². The number of hydrogen-bond acceptors (Lipinski definition) is 2. The second-order valence-corrected chi connectivity index (χ2v) is 4.55. The van der Waals surface area contributed by atoms with Crippen molar-refractivity contribution in [1.82, 2.24) is 0 Å². The third-order valence-electron chi connectivity index (χ3n) is 3.61. The average molecular weight is 218 g/mol. The number of aryl methyl sites for hydroxylation is 1. The van der Waals surface area contributed by atoms with Crippen LogP contribution < -0.4 is 4.74 Å². The Morgan fingerprint density at radius 3 is 3.12 bits per heavy atom. The summed E-state index contributed by atoms with van der Waals surface area (Å²) in [6, 6.07) is 4.13. The van der Waals surface area contributed by atoms with Gasteiger partial charge >= 0.3 is 5.97 Å². The standard InChI is InChI=1S/C13H14O3/c14-12(15)7-9-2-1-8-3-4-11-10(13(8)9)5-6-16-11/h3-4,9H,1-2,5-7H2,(H,14,15). The molecule has 1 aliphatic carbocycles. The number of aliphatic carboxylic acids is 1. The lowest BCUT2D eigenvalue weighted by molar-refractivity contribution is -0.137. The molecule has 84 valence electrons. The quantitative estimate of drug-likeness (QED) is 0.827. The van der Waals surface area contributed by atoms with Gasteiger partial charge in [-0.2, -0.15) is 0 Å². The molecule has 1 unspecified atom stereocenters. The van der Waals surface area contributed by atoms with Crippen molar-refractivity contribution < 1.29 is 14.6 Å². The van der Waals surface area contributed by atoms with Gasteiger partial charge in [-0.15, -0.1) is 0 Å². The van der Waals surface area contributed by atoms with E-state index in [1.807, 2.05) is 6.07 Å². The van der Waals surface area contributed by atoms with Crippen LogP contribution in [0.5, 0.6) is 5.75 Å². The second kappa shape index (κ2) is 3.51. The summed E-state index contributed by atoms with van der Waals surface area (Å²) < 4.78 is 5.53. The van der Waals surface area contributed by atoms with E-state index in [1.54, 1.807) is 0 Å². The number of fused-ring (bicyclic) bond motifs is 3. The predicted molar refractivity (Wildman–Crippen MR) is 59.0 cm³/mol. The highest BCUT2D eigenvalue weighted by molar-refractivity contribution is 5.69. The average Bonchev–Trinajstić information content (AvgIpc) is 2.82. The molecule has 0 radical (unpaired) electrons. The van der Waals surface area contributed by atoms with Crippen LogP contribution in [-0.4, -0.2) is 17.7 Å². The van der Waals surface area contributed by atoms with E-state index in [2.05, 4.69) is 6.07 Å². The van der Waals surface area contributed by atoms with Gasteiger partial charge in [0.05, 0.1) is 13.0 Å². The van der Waals surface area contributed by atoms with Crippen LogP contribution in [0.4, 0.5) is 0 Å². The summed E-state index contributed by atoms with van der Waals surface area (Å²) >= 11 is 0. The lowest BCUT2D eigenvalue weighted by Gasteiger charge is -2.12. The van der Waals surface area contributed by atoms with Gasteiger partial charge in [-0.25, -0.2) is 0 Å². The van der Waals surface area contributed by atoms with Gasteiger partial charge in [0.2, 0.25) is 0 Å². The fourth-order valence-electron chi connectivity index (χ4n) is 2.96. The molecule has 1 aliphatic heterocycles. The highest BCUT2D eigenvalue weighted by Gasteiger charge is 2.30. The van der Waals surface area contributed by atoms with Gasteiger partial charge in [-0.05, 0) is 36.0 Å². The van der Waals surface area contributed by atoms with Crippen LogP contribution in [0.15, 0.2) is 12.1 Å². The molecule has 0 saturated heterocycles. The zero-order valence-electron chi connectivity index (χ0n) is 9.03. The largest absolute Gasteiger partial charge is 0.493 e. The SMILES string of the molecule is O=C(O)CC1CCc2ccc3c(c21)CCO3. The molecule has 0 amide bonds. The molecule has 3 rings (SSSR count). The van der Waals surface area contributed by atoms with Crippen molar-refractivity contribution in [2.24, 2.45) is 0 Å². The Balaban J connectivity index is 2.03. The summed E-state index contributed by atoms with van der Waals surface area (Å²) in [5.41, 5.74) is 3.87. The third-order valence-corrected chi connectivity index (χ3v) is 3.61. The van der Waals surface area contributed by atoms with Gasteiger partial charge < -0.3 is 9.84 Å². The van der Waals surface area contributed by atoms with Gasteiger partial charge in [-0.3, -0.25) is 4.79 Å². The third kappa shape index (κ3) is 1.39. The smallest absolute Gasteiger partial charge is 0.303 e. The lowest BCUT2D eigenvalue weighted by Crippen LogP contribution is -2.05. The summed E-state index contributed by atoms with van der Waals surface area (Å²) in [6.45, 7) is 0.742. The van der Waals surface area contributed by atoms with Crippen molar-refractivity contribution >= 4 is 5.97 Å². The molecule has 3 nitrogen and oxygen atoms in total. The van der Waals surface area contributed by atoms with E-state index in [4.69, 9.17) is 9.84 Å². The maximum absolute atomic E-state index is 10.8. The Labute approximate surface area is 94.0 Å². The molecule has 0 spiro atoms. The van der Waals surface area contributed by atoms with Crippen LogP contribution in [0.2, 0.25) is 0 Å². The monoisotopic (exact) mass is 218 g/mol. The van der Waals surface area contributed by atoms with Crippen molar-refractivity contribution in [1.29, 1.82) is 0 Å². The zero-order chi connectivity index (χ0) is 11.1. The summed E-state index contributed by atoms with van der Waals surface area (Å²) in [4.78, 5) is 10.8. The lowest BCUT2D eigenvalue weighted by atomic mass is 9.92. The van der Waals surface area contributed by atoms with Gasteiger partial charge in [0.1, 0.15) is 5.75 Å². The normalized spacial score (nSPS) is 21.4. The molecule has 16 heavy (non-hydrogen) atoms. The summed E-state index contributed by atoms with van der Waals surface area (Å²) in [5, 5.41) is 8.92. The van der Waals surface area contributed by atoms with Crippen LogP contribution in [0, 0.1) is 0 Å². The first-order valence-electron chi connectivity index (χ1n) is 5.75. The van der Waals surface area contributed by atoms with E-state index in [1.165, 1.54) is 16.7 Å². The minimum absolute atomic E-state index is 0.198. The fraction of sp³-hybridized carbons (Fsp3) is 0.462. The minimum Gasteiger partial charge on any atom is -0.493 e. The van der Waals surface area contributed by atoms with Crippen molar-refractivity contribution in [3.63, 3.8) is 0 Å². The van der Waals surface area contributed by atoms with Gasteiger partial charge in [0, 0.05) is 12.0 Å². The molecule has 0 fully saturated rings. The van der Waals surface area contributed by atoms with Crippen molar-refractivity contribution in [2.75, 3.05) is 6.61 Å². The Bertz CT molecular complexity index is 451. The summed E-state index contributed by atoms with van der Waals surface area (Å²) in [7, 11) is 0. The topological polar surface area (TPSA) is 46.5 Å². The predicted octanol–water partition coefficient (Wildman–Crippen LogP) is 2.13. The van der Waals surface area contributed by atoms with Crippen molar-refractivity contribution in [2.45, 2.75) is 31.6 Å². The first-order valence-corrected chi connectivity index (χ1v) is 5.75. The molecular formula is C13H14O3. The van der Waals surface area contributed by atoms with Gasteiger partial charge in [-0.1, -0.05) is 6.07 Å². The maximum Gasteiger partial charge on any atom is 0.303 e. The van der Waals surface area contributed by atoms with Crippen LogP contribution in [0.1, 0.15) is 35.4 Å². The van der Waals surface area contributed by atoms with Crippen LogP contribution in [-0.2, 0) is 17.6 Å². The Morgan fingerprint density at radius 2 is 2.31 bits per heavy atom. The van der Waals surface area contributed by atoms with Gasteiger partial charge in [0.25, 0.3) is 0 Å². The molecule has 0 saturated carbocycles. The number of carboxylic acid groups (broad SMARTS) is 1. The molecule has 1 N–H and O–H groups in total. The first-order chi connectivity index (χ1) is 7.75. The fourth-order valence-corrected chi connectivity index (χ4v) is 2.96. The van der Waals surface area contributed by atoms with Crippen LogP contribution in [0.3, 0.4) is 0 Å². The number of carbonyl (C=O) groups is 1. The highest BCUT2D eigenvalue weighted by atomic mass is 16.5. The summed E-state index contributed by atoms with van der Waals surface area (Å²) in [5.74, 6) is 0.467. The Kier molecular flexibility index (Phi) is 2.13. The molecule has 1 aromatic carbocycles. The van der Waals surface area contributed by atoms with Crippen LogP contribution >= 0.6 is 0 Å². The van der Waals surface area contributed by atoms with E-state index in [-0.39, 0.29) is 12.3 Å². The Morgan fingerprint density at radius 1 is 1.44 bits per heavy atom. The second-order valence-electron chi connectivity index (χ2n) is 4.55. The molecule has 3 heteroatoms. The molecular weight excluding hydrogens is 204 g/mol. The van der Waals surface area contributed by atoms with Crippen LogP contribution in [0.25, 0.3) is 0 Å². The van der Waals surface area contributed by atoms with E-state index in [0.29, 0.717) is 0 Å². The number of ether oxygens (including phenoxy) is 1. The minimum atomic E-state index is -0.700. The number of benzene rings is 1. The van der Waals surface area contributed by atoms with Gasteiger partial charge in [0.15, 0.2) is 0 Å². The highest BCUT2D eigenvalue weighted by Crippen LogP contribution is 2.43. The maximum atomic E-state index is 10.8. The molecule has 1 aromatic rings. The molecule has 2 aliphatic rings. The molecule has 0 aromatic heterocycles.